The fourth-order valence-corrected chi connectivity index (χ4v) is 3.01. The number of amides is 2. The Bertz CT molecular complexity index is 757. The second-order valence-corrected chi connectivity index (χ2v) is 6.75. The molecule has 2 amide bonds. The van der Waals surface area contributed by atoms with E-state index in [0.29, 0.717) is 31.0 Å². The molecule has 0 atom stereocenters. The van der Waals surface area contributed by atoms with Gasteiger partial charge in [-0.1, -0.05) is 60.1 Å². The molecule has 3 rings (SSSR count). The van der Waals surface area contributed by atoms with Gasteiger partial charge in [-0.2, -0.15) is 0 Å². The topological polar surface area (TPSA) is 58.2 Å². The number of halogens is 1. The van der Waals surface area contributed by atoms with E-state index in [1.165, 1.54) is 0 Å². The molecule has 0 aliphatic heterocycles. The zero-order valence-electron chi connectivity index (χ0n) is 13.9. The van der Waals surface area contributed by atoms with Crippen molar-refractivity contribution < 1.29 is 9.59 Å². The molecular weight excluding hydrogens is 336 g/mol. The lowest BCUT2D eigenvalue weighted by Crippen LogP contribution is -2.43. The summed E-state index contributed by atoms with van der Waals surface area (Å²) < 4.78 is 0. The van der Waals surface area contributed by atoms with Crippen LogP contribution in [0, 0.1) is 5.41 Å². The van der Waals surface area contributed by atoms with Crippen molar-refractivity contribution in [2.45, 2.75) is 25.8 Å². The average molecular weight is 357 g/mol. The van der Waals surface area contributed by atoms with Crippen LogP contribution in [-0.4, -0.2) is 18.4 Å². The third-order valence-corrected chi connectivity index (χ3v) is 4.93. The Morgan fingerprint density at radius 3 is 2.24 bits per heavy atom. The van der Waals surface area contributed by atoms with Crippen molar-refractivity contribution in [3.63, 3.8) is 0 Å². The molecule has 5 heteroatoms. The number of rotatable bonds is 7. The highest BCUT2D eigenvalue weighted by atomic mass is 35.5. The largest absolute Gasteiger partial charge is 0.355 e. The van der Waals surface area contributed by atoms with Crippen molar-refractivity contribution in [2.75, 3.05) is 6.54 Å². The molecule has 1 fully saturated rings. The lowest BCUT2D eigenvalue weighted by atomic mass is 10.0. The van der Waals surface area contributed by atoms with Gasteiger partial charge < -0.3 is 10.6 Å². The third kappa shape index (κ3) is 4.20. The van der Waals surface area contributed by atoms with E-state index in [1.807, 2.05) is 48.5 Å². The van der Waals surface area contributed by atoms with Gasteiger partial charge in [0.05, 0.1) is 0 Å². The molecule has 0 aromatic heterocycles. The SMILES string of the molecule is O=C(NCCc1ccccc1)C1(C(=O)NCc2ccccc2Cl)CC1. The molecule has 4 nitrogen and oxygen atoms in total. The first-order valence-electron chi connectivity index (χ1n) is 8.46. The summed E-state index contributed by atoms with van der Waals surface area (Å²) in [5.74, 6) is -0.398. The summed E-state index contributed by atoms with van der Waals surface area (Å²) in [6, 6.07) is 17.3. The van der Waals surface area contributed by atoms with Gasteiger partial charge in [-0.15, -0.1) is 0 Å². The first-order valence-corrected chi connectivity index (χ1v) is 8.83. The van der Waals surface area contributed by atoms with Gasteiger partial charge >= 0.3 is 0 Å². The molecule has 1 saturated carbocycles. The predicted octanol–water partition coefficient (Wildman–Crippen LogP) is 3.10. The summed E-state index contributed by atoms with van der Waals surface area (Å²) in [5.41, 5.74) is 1.10. The van der Waals surface area contributed by atoms with Crippen LogP contribution < -0.4 is 10.6 Å². The maximum Gasteiger partial charge on any atom is 0.235 e. The molecule has 0 radical (unpaired) electrons. The van der Waals surface area contributed by atoms with Crippen LogP contribution in [0.15, 0.2) is 54.6 Å². The highest BCUT2D eigenvalue weighted by Crippen LogP contribution is 2.46. The van der Waals surface area contributed by atoms with E-state index >= 15 is 0 Å². The van der Waals surface area contributed by atoms with Crippen LogP contribution in [-0.2, 0) is 22.6 Å². The fourth-order valence-electron chi connectivity index (χ4n) is 2.80. The molecule has 0 saturated heterocycles. The van der Waals surface area contributed by atoms with Crippen LogP contribution in [0.25, 0.3) is 0 Å². The van der Waals surface area contributed by atoms with Crippen molar-refractivity contribution in [2.24, 2.45) is 5.41 Å². The molecular formula is C20H21ClN2O2. The van der Waals surface area contributed by atoms with Crippen molar-refractivity contribution in [1.82, 2.24) is 10.6 Å². The maximum absolute atomic E-state index is 12.5. The van der Waals surface area contributed by atoms with E-state index in [4.69, 9.17) is 11.6 Å². The molecule has 1 aliphatic carbocycles. The predicted molar refractivity (Wildman–Crippen MR) is 98.1 cm³/mol. The molecule has 2 N–H and O–H groups in total. The Kier molecular flexibility index (Phi) is 5.39. The summed E-state index contributed by atoms with van der Waals surface area (Å²) in [6.45, 7) is 0.861. The molecule has 0 heterocycles. The van der Waals surface area contributed by atoms with E-state index in [0.717, 1.165) is 17.5 Å². The number of hydrogen-bond donors (Lipinski definition) is 2. The smallest absolute Gasteiger partial charge is 0.235 e. The van der Waals surface area contributed by atoms with Crippen molar-refractivity contribution >= 4 is 23.4 Å². The summed E-state index contributed by atoms with van der Waals surface area (Å²) in [7, 11) is 0. The Morgan fingerprint density at radius 1 is 0.920 bits per heavy atom. The molecule has 0 spiro atoms. The van der Waals surface area contributed by atoms with Gasteiger partial charge in [0.15, 0.2) is 0 Å². The summed E-state index contributed by atoms with van der Waals surface area (Å²) >= 11 is 6.10. The van der Waals surface area contributed by atoms with Gasteiger partial charge in [-0.3, -0.25) is 9.59 Å². The minimum Gasteiger partial charge on any atom is -0.355 e. The van der Waals surface area contributed by atoms with E-state index < -0.39 is 5.41 Å². The zero-order valence-corrected chi connectivity index (χ0v) is 14.7. The third-order valence-electron chi connectivity index (χ3n) is 4.56. The van der Waals surface area contributed by atoms with Crippen molar-refractivity contribution in [1.29, 1.82) is 0 Å². The Balaban J connectivity index is 1.50. The van der Waals surface area contributed by atoms with Crippen LogP contribution >= 0.6 is 11.6 Å². The van der Waals surface area contributed by atoms with Gasteiger partial charge in [0.25, 0.3) is 0 Å². The van der Waals surface area contributed by atoms with E-state index in [1.54, 1.807) is 6.07 Å². The van der Waals surface area contributed by atoms with Crippen LogP contribution in [0.4, 0.5) is 0 Å². The summed E-state index contributed by atoms with van der Waals surface area (Å²) in [6.07, 6.45) is 1.95. The van der Waals surface area contributed by atoms with Gasteiger partial charge in [-0.05, 0) is 36.5 Å². The van der Waals surface area contributed by atoms with E-state index in [9.17, 15) is 9.59 Å². The highest BCUT2D eigenvalue weighted by Gasteiger charge is 2.56. The lowest BCUT2D eigenvalue weighted by molar-refractivity contribution is -0.137. The normalized spacial score (nSPS) is 14.6. The zero-order chi connectivity index (χ0) is 17.7. The van der Waals surface area contributed by atoms with Gasteiger partial charge in [0.1, 0.15) is 5.41 Å². The fraction of sp³-hybridized carbons (Fsp3) is 0.300. The standard InChI is InChI=1S/C20H21ClN2O2/c21-17-9-5-4-8-16(17)14-23-19(25)20(11-12-20)18(24)22-13-10-15-6-2-1-3-7-15/h1-9H,10-14H2,(H,22,24)(H,23,25). The van der Waals surface area contributed by atoms with Crippen molar-refractivity contribution in [3.05, 3.63) is 70.7 Å². The Morgan fingerprint density at radius 2 is 1.56 bits per heavy atom. The molecule has 1 aliphatic rings. The number of hydrogen-bond acceptors (Lipinski definition) is 2. The first-order chi connectivity index (χ1) is 12.1. The van der Waals surface area contributed by atoms with Crippen LogP contribution in [0.3, 0.4) is 0 Å². The minimum atomic E-state index is -0.905. The lowest BCUT2D eigenvalue weighted by Gasteiger charge is -2.16. The highest BCUT2D eigenvalue weighted by molar-refractivity contribution is 6.31. The van der Waals surface area contributed by atoms with Crippen molar-refractivity contribution in [3.8, 4) is 0 Å². The van der Waals surface area contributed by atoms with E-state index in [2.05, 4.69) is 10.6 Å². The van der Waals surface area contributed by atoms with Crippen LogP contribution in [0.5, 0.6) is 0 Å². The average Bonchev–Trinajstić information content (AvgIpc) is 3.44. The minimum absolute atomic E-state index is 0.180. The molecule has 0 bridgehead atoms. The van der Waals surface area contributed by atoms with Gasteiger partial charge in [0, 0.05) is 18.1 Å². The van der Waals surface area contributed by atoms with E-state index in [-0.39, 0.29) is 11.8 Å². The number of carbonyl (C=O) groups excluding carboxylic acids is 2. The maximum atomic E-state index is 12.5. The van der Waals surface area contributed by atoms with Gasteiger partial charge in [-0.25, -0.2) is 0 Å². The molecule has 25 heavy (non-hydrogen) atoms. The second kappa shape index (κ2) is 7.70. The second-order valence-electron chi connectivity index (χ2n) is 6.35. The molecule has 2 aromatic rings. The van der Waals surface area contributed by atoms with Gasteiger partial charge in [0.2, 0.25) is 11.8 Å². The number of benzene rings is 2. The first kappa shape index (κ1) is 17.5. The number of nitrogens with one attached hydrogen (secondary N) is 2. The van der Waals surface area contributed by atoms with Crippen LogP contribution in [0.2, 0.25) is 5.02 Å². The Labute approximate surface area is 152 Å². The summed E-state index contributed by atoms with van der Waals surface area (Å²) in [5, 5.41) is 6.36. The quantitative estimate of drug-likeness (QED) is 0.749. The Hall–Kier alpha value is -2.33. The molecule has 2 aromatic carbocycles. The monoisotopic (exact) mass is 356 g/mol. The van der Waals surface area contributed by atoms with Crippen LogP contribution in [0.1, 0.15) is 24.0 Å². The molecule has 0 unspecified atom stereocenters. The molecule has 130 valence electrons. The number of carbonyl (C=O) groups is 2. The summed E-state index contributed by atoms with van der Waals surface area (Å²) in [4.78, 5) is 24.9.